The minimum atomic E-state index is -5.36. The van der Waals surface area contributed by atoms with Crippen LogP contribution in [0.4, 0.5) is 22.0 Å². The van der Waals surface area contributed by atoms with Gasteiger partial charge in [0.05, 0.1) is 30.1 Å². The topological polar surface area (TPSA) is 99.6 Å². The van der Waals surface area contributed by atoms with Crippen molar-refractivity contribution in [1.29, 1.82) is 0 Å². The summed E-state index contributed by atoms with van der Waals surface area (Å²) in [5.41, 5.74) is -6.81. The fourth-order valence-electron chi connectivity index (χ4n) is 2.41. The fraction of sp³-hybridized carbons (Fsp3) is 0.562. The molecule has 0 fully saturated rings. The van der Waals surface area contributed by atoms with E-state index in [4.69, 9.17) is 0 Å². The molecule has 13 heteroatoms. The highest BCUT2D eigenvalue weighted by Crippen LogP contribution is 2.37. The average Bonchev–Trinajstić information content (AvgIpc) is 2.57. The van der Waals surface area contributed by atoms with Gasteiger partial charge in [0.15, 0.2) is 5.69 Å². The van der Waals surface area contributed by atoms with E-state index < -0.39 is 74.6 Å². The van der Waals surface area contributed by atoms with Gasteiger partial charge < -0.3 is 9.47 Å². The van der Waals surface area contributed by atoms with E-state index in [0.717, 1.165) is 6.26 Å². The van der Waals surface area contributed by atoms with Crippen molar-refractivity contribution in [2.24, 2.45) is 0 Å². The molecule has 0 atom stereocenters. The number of carbonyl (C=O) groups is 2. The Morgan fingerprint density at radius 3 is 1.90 bits per heavy atom. The van der Waals surface area contributed by atoms with Gasteiger partial charge >= 0.3 is 18.1 Å². The predicted octanol–water partition coefficient (Wildman–Crippen LogP) is 2.98. The van der Waals surface area contributed by atoms with Gasteiger partial charge in [-0.05, 0) is 25.8 Å². The van der Waals surface area contributed by atoms with Gasteiger partial charge in [0.2, 0.25) is 0 Å². The largest absolute Gasteiger partial charge is 0.462 e. The summed E-state index contributed by atoms with van der Waals surface area (Å²) in [4.78, 5) is 27.3. The number of halogens is 5. The first kappa shape index (κ1) is 24.7. The predicted molar refractivity (Wildman–Crippen MR) is 89.5 cm³/mol. The smallest absolute Gasteiger partial charge is 0.434 e. The summed E-state index contributed by atoms with van der Waals surface area (Å²) in [6, 6.07) is 0. The number of nitrogens with zero attached hydrogens (tertiary/aromatic N) is 1. The molecule has 1 heterocycles. The van der Waals surface area contributed by atoms with Crippen LogP contribution in [-0.4, -0.2) is 50.6 Å². The second-order valence-corrected chi connectivity index (χ2v) is 7.95. The molecule has 7 nitrogen and oxygen atoms in total. The lowest BCUT2D eigenvalue weighted by Crippen LogP contribution is -2.26. The highest BCUT2D eigenvalue weighted by molar-refractivity contribution is 7.90. The third kappa shape index (κ3) is 6.34. The van der Waals surface area contributed by atoms with Crippen LogP contribution < -0.4 is 0 Å². The van der Waals surface area contributed by atoms with Crippen molar-refractivity contribution < 1.29 is 49.4 Å². The number of hydrogen-bond donors (Lipinski definition) is 0. The third-order valence-corrected chi connectivity index (χ3v) is 4.43. The van der Waals surface area contributed by atoms with Gasteiger partial charge in [-0.1, -0.05) is 0 Å². The maximum atomic E-state index is 13.5. The lowest BCUT2D eigenvalue weighted by Gasteiger charge is -2.20. The zero-order chi connectivity index (χ0) is 22.6. The van der Waals surface area contributed by atoms with E-state index in [1.165, 1.54) is 13.8 Å². The molecule has 29 heavy (non-hydrogen) atoms. The third-order valence-electron chi connectivity index (χ3n) is 3.49. The summed E-state index contributed by atoms with van der Waals surface area (Å²) < 4.78 is 99.5. The van der Waals surface area contributed by atoms with Crippen molar-refractivity contribution in [3.63, 3.8) is 0 Å². The van der Waals surface area contributed by atoms with Crippen LogP contribution in [0, 0.1) is 0 Å². The summed E-state index contributed by atoms with van der Waals surface area (Å²) in [5, 5.41) is 0. The van der Waals surface area contributed by atoms with Gasteiger partial charge in [-0.15, -0.1) is 0 Å². The molecular formula is C16H18F5NO6S. The first-order chi connectivity index (χ1) is 13.2. The fourth-order valence-corrected chi connectivity index (χ4v) is 2.98. The van der Waals surface area contributed by atoms with Crippen molar-refractivity contribution in [2.45, 2.75) is 32.9 Å². The maximum absolute atomic E-state index is 13.5. The molecule has 0 aliphatic carbocycles. The molecule has 0 aromatic carbocycles. The number of ether oxygens (including phenoxy) is 2. The number of sulfone groups is 1. The lowest BCUT2D eigenvalue weighted by atomic mass is 9.95. The monoisotopic (exact) mass is 447 g/mol. The van der Waals surface area contributed by atoms with E-state index in [2.05, 4.69) is 14.5 Å². The molecule has 0 aliphatic rings. The van der Waals surface area contributed by atoms with E-state index in [1.807, 2.05) is 0 Å². The molecule has 0 spiro atoms. The quantitative estimate of drug-likeness (QED) is 0.446. The highest BCUT2D eigenvalue weighted by atomic mass is 32.2. The molecule has 1 aromatic heterocycles. The Labute approximate surface area is 163 Å². The molecule has 0 N–H and O–H groups in total. The van der Waals surface area contributed by atoms with Crippen molar-refractivity contribution in [1.82, 2.24) is 4.98 Å². The molecule has 0 aliphatic heterocycles. The van der Waals surface area contributed by atoms with Gasteiger partial charge in [-0.25, -0.2) is 31.8 Å². The van der Waals surface area contributed by atoms with Crippen LogP contribution in [0.15, 0.2) is 0 Å². The summed E-state index contributed by atoms with van der Waals surface area (Å²) in [5.74, 6) is -3.87. The van der Waals surface area contributed by atoms with Crippen LogP contribution in [0.5, 0.6) is 0 Å². The molecule has 0 bridgehead atoms. The van der Waals surface area contributed by atoms with Crippen LogP contribution in [0.25, 0.3) is 0 Å². The Hall–Kier alpha value is -2.31. The number of esters is 2. The Morgan fingerprint density at radius 1 is 1.03 bits per heavy atom. The first-order valence-corrected chi connectivity index (χ1v) is 10.2. The number of pyridine rings is 1. The van der Waals surface area contributed by atoms with E-state index in [-0.39, 0.29) is 13.2 Å². The van der Waals surface area contributed by atoms with Gasteiger partial charge in [-0.3, -0.25) is 0 Å². The zero-order valence-electron chi connectivity index (χ0n) is 15.6. The Morgan fingerprint density at radius 2 is 1.52 bits per heavy atom. The van der Waals surface area contributed by atoms with Crippen LogP contribution in [-0.2, 0) is 31.9 Å². The van der Waals surface area contributed by atoms with E-state index >= 15 is 0 Å². The Balaban J connectivity index is 4.04. The normalized spacial score (nSPS) is 12.2. The molecule has 1 rings (SSSR count). The lowest BCUT2D eigenvalue weighted by molar-refractivity contribution is -0.142. The Bertz CT molecular complexity index is 883. The van der Waals surface area contributed by atoms with Crippen LogP contribution in [0.3, 0.4) is 0 Å². The van der Waals surface area contributed by atoms with Gasteiger partial charge in [-0.2, -0.15) is 13.2 Å². The maximum Gasteiger partial charge on any atom is 0.434 e. The number of rotatable bonds is 8. The Kier molecular flexibility index (Phi) is 8.07. The number of hydrogen-bond acceptors (Lipinski definition) is 7. The van der Waals surface area contributed by atoms with E-state index in [0.29, 0.717) is 0 Å². The number of aromatic nitrogens is 1. The molecular weight excluding hydrogens is 429 g/mol. The van der Waals surface area contributed by atoms with E-state index in [1.54, 1.807) is 0 Å². The van der Waals surface area contributed by atoms with Crippen LogP contribution >= 0.6 is 0 Å². The minimum Gasteiger partial charge on any atom is -0.462 e. The van der Waals surface area contributed by atoms with E-state index in [9.17, 15) is 40.0 Å². The summed E-state index contributed by atoms with van der Waals surface area (Å²) in [6.45, 7) is 1.92. The van der Waals surface area contributed by atoms with Crippen LogP contribution in [0.1, 0.15) is 57.9 Å². The second-order valence-electron chi connectivity index (χ2n) is 5.69. The average molecular weight is 447 g/mol. The molecule has 0 radical (unpaired) electrons. The van der Waals surface area contributed by atoms with Crippen molar-refractivity contribution >= 4 is 21.8 Å². The van der Waals surface area contributed by atoms with Crippen molar-refractivity contribution in [3.05, 3.63) is 28.1 Å². The molecule has 0 saturated heterocycles. The van der Waals surface area contributed by atoms with Gasteiger partial charge in [0.25, 0.3) is 6.43 Å². The summed E-state index contributed by atoms with van der Waals surface area (Å²) in [6.07, 6.45) is -9.09. The summed E-state index contributed by atoms with van der Waals surface area (Å²) >= 11 is 0. The molecule has 0 amide bonds. The highest BCUT2D eigenvalue weighted by Gasteiger charge is 2.43. The standard InChI is InChI=1S/C16H18F5NO6S/c1-4-27-14(23)9-8(6-7-29(3,25)26)10(15(24)28-5-2)12(16(19,20)21)22-11(9)13(17)18/h13H,4-7H2,1-3H3. The molecule has 0 unspecified atom stereocenters. The number of carbonyl (C=O) groups excluding carboxylic acids is 2. The second kappa shape index (κ2) is 9.46. The van der Waals surface area contributed by atoms with Gasteiger partial charge in [0, 0.05) is 6.26 Å². The summed E-state index contributed by atoms with van der Waals surface area (Å²) in [7, 11) is -3.81. The SMILES string of the molecule is CCOC(=O)c1c(C(F)F)nc(C(F)(F)F)c(C(=O)OCC)c1CCS(C)(=O)=O. The number of alkyl halides is 5. The minimum absolute atomic E-state index is 0.317. The van der Waals surface area contributed by atoms with Crippen molar-refractivity contribution in [3.8, 4) is 0 Å². The van der Waals surface area contributed by atoms with Crippen LogP contribution in [0.2, 0.25) is 0 Å². The molecule has 164 valence electrons. The first-order valence-electron chi connectivity index (χ1n) is 8.18. The molecule has 0 saturated carbocycles. The van der Waals surface area contributed by atoms with Crippen molar-refractivity contribution in [2.75, 3.05) is 25.2 Å². The van der Waals surface area contributed by atoms with Gasteiger partial charge in [0.1, 0.15) is 15.5 Å². The molecule has 1 aromatic rings. The zero-order valence-corrected chi connectivity index (χ0v) is 16.4.